The van der Waals surface area contributed by atoms with Gasteiger partial charge >= 0.3 is 0 Å². The van der Waals surface area contributed by atoms with Gasteiger partial charge in [-0.15, -0.1) is 0 Å². The lowest BCUT2D eigenvalue weighted by Gasteiger charge is -2.10. The maximum Gasteiger partial charge on any atom is 0.261 e. The summed E-state index contributed by atoms with van der Waals surface area (Å²) < 4.78 is 29.7. The Kier molecular flexibility index (Phi) is 5.20. The first kappa shape index (κ1) is 20.5. The van der Waals surface area contributed by atoms with Gasteiger partial charge in [0.2, 0.25) is 0 Å². The van der Waals surface area contributed by atoms with Gasteiger partial charge in [0.15, 0.2) is 5.78 Å². The third-order valence-corrected chi connectivity index (χ3v) is 6.44. The highest BCUT2D eigenvalue weighted by atomic mass is 32.2. The van der Waals surface area contributed by atoms with Crippen LogP contribution in [-0.2, 0) is 23.5 Å². The predicted molar refractivity (Wildman–Crippen MR) is 119 cm³/mol. The summed E-state index contributed by atoms with van der Waals surface area (Å²) >= 11 is 0. The molecule has 31 heavy (non-hydrogen) atoms. The number of nitrogens with two attached hydrogens (primary N) is 1. The van der Waals surface area contributed by atoms with Crippen molar-refractivity contribution >= 4 is 38.3 Å². The van der Waals surface area contributed by atoms with Crippen LogP contribution in [0.3, 0.4) is 0 Å². The van der Waals surface area contributed by atoms with Crippen LogP contribution in [-0.4, -0.2) is 28.7 Å². The Bertz CT molecular complexity index is 1390. The fourth-order valence-corrected chi connectivity index (χ4v) is 4.45. The zero-order valence-electron chi connectivity index (χ0n) is 17.0. The maximum absolute atomic E-state index is 13.2. The van der Waals surface area contributed by atoms with E-state index in [-0.39, 0.29) is 22.2 Å². The van der Waals surface area contributed by atoms with E-state index in [1.807, 2.05) is 6.92 Å². The largest absolute Gasteiger partial charge is 0.383 e. The Balaban J connectivity index is 1.67. The van der Waals surface area contributed by atoms with Gasteiger partial charge in [-0.1, -0.05) is 31.2 Å². The first-order valence-electron chi connectivity index (χ1n) is 9.62. The van der Waals surface area contributed by atoms with Gasteiger partial charge in [-0.3, -0.25) is 9.52 Å². The lowest BCUT2D eigenvalue weighted by atomic mass is 10.0. The fraction of sp³-hybridized carbons (Fsp3) is 0.136. The number of rotatable bonds is 6. The summed E-state index contributed by atoms with van der Waals surface area (Å²) in [5.74, 6) is -0.0956. The summed E-state index contributed by atoms with van der Waals surface area (Å²) in [7, 11) is -2.02. The van der Waals surface area contributed by atoms with Gasteiger partial charge in [0.25, 0.3) is 10.0 Å². The van der Waals surface area contributed by atoms with Crippen molar-refractivity contribution in [3.8, 4) is 0 Å². The summed E-state index contributed by atoms with van der Waals surface area (Å²) in [6.45, 7) is 2.00. The normalized spacial score (nSPS) is 11.5. The average Bonchev–Trinajstić information content (AvgIpc) is 3.11. The lowest BCUT2D eigenvalue weighted by Crippen LogP contribution is -2.13. The number of carbonyl (C=O) groups is 1. The van der Waals surface area contributed by atoms with Crippen LogP contribution < -0.4 is 10.5 Å². The maximum atomic E-state index is 13.2. The van der Waals surface area contributed by atoms with Crippen LogP contribution in [0.25, 0.3) is 11.0 Å². The summed E-state index contributed by atoms with van der Waals surface area (Å²) in [6, 6.07) is 13.0. The van der Waals surface area contributed by atoms with Crippen molar-refractivity contribution in [2.75, 3.05) is 10.5 Å². The number of hydrogen-bond donors (Lipinski definition) is 2. The Morgan fingerprint density at radius 2 is 1.87 bits per heavy atom. The topological polar surface area (TPSA) is 120 Å². The van der Waals surface area contributed by atoms with Gasteiger partial charge in [-0.05, 0) is 36.2 Å². The van der Waals surface area contributed by atoms with Crippen molar-refractivity contribution in [2.24, 2.45) is 7.05 Å². The van der Waals surface area contributed by atoms with Crippen LogP contribution in [0.1, 0.15) is 28.4 Å². The lowest BCUT2D eigenvalue weighted by molar-refractivity contribution is 0.104. The molecule has 3 N–H and O–H groups in total. The summed E-state index contributed by atoms with van der Waals surface area (Å²) in [5.41, 5.74) is 8.52. The highest BCUT2D eigenvalue weighted by Crippen LogP contribution is 2.26. The number of benzene rings is 2. The number of fused-ring (bicyclic) bond motifs is 1. The molecule has 9 heteroatoms. The molecule has 2 heterocycles. The monoisotopic (exact) mass is 435 g/mol. The Morgan fingerprint density at radius 1 is 1.13 bits per heavy atom. The quantitative estimate of drug-likeness (QED) is 0.449. The molecule has 0 saturated carbocycles. The molecule has 0 amide bonds. The molecular formula is C22H21N5O3S. The SMILES string of the molecule is CCc1ccc(S(=O)(=O)Nc2cccc(C(=O)c3cn(C)c4ncnc(N)c34)c2)cc1. The van der Waals surface area contributed by atoms with E-state index in [1.54, 1.807) is 60.3 Å². The number of aryl methyl sites for hydroxylation is 2. The van der Waals surface area contributed by atoms with E-state index in [4.69, 9.17) is 5.73 Å². The van der Waals surface area contributed by atoms with Gasteiger partial charge in [0.1, 0.15) is 17.8 Å². The van der Waals surface area contributed by atoms with Crippen LogP contribution >= 0.6 is 0 Å². The summed E-state index contributed by atoms with van der Waals surface area (Å²) in [6.07, 6.45) is 3.81. The number of hydrogen-bond acceptors (Lipinski definition) is 6. The number of aromatic nitrogens is 3. The van der Waals surface area contributed by atoms with Gasteiger partial charge in [0.05, 0.1) is 15.8 Å². The van der Waals surface area contributed by atoms with E-state index in [2.05, 4.69) is 14.7 Å². The third-order valence-electron chi connectivity index (χ3n) is 5.05. The zero-order valence-corrected chi connectivity index (χ0v) is 17.8. The molecule has 2 aromatic heterocycles. The van der Waals surface area contributed by atoms with Crippen LogP contribution in [0.5, 0.6) is 0 Å². The molecule has 0 fully saturated rings. The van der Waals surface area contributed by atoms with Gasteiger partial charge in [0, 0.05) is 24.5 Å². The predicted octanol–water partition coefficient (Wildman–Crippen LogP) is 3.14. The van der Waals surface area contributed by atoms with Gasteiger partial charge in [-0.25, -0.2) is 18.4 Å². The molecule has 0 atom stereocenters. The number of nitrogens with zero attached hydrogens (tertiary/aromatic N) is 3. The Labute approximate surface area is 179 Å². The molecule has 0 radical (unpaired) electrons. The second kappa shape index (κ2) is 7.84. The number of anilines is 2. The van der Waals surface area contributed by atoms with Gasteiger partial charge < -0.3 is 10.3 Å². The van der Waals surface area contributed by atoms with Crippen LogP contribution in [0.15, 0.2) is 66.0 Å². The molecular weight excluding hydrogens is 414 g/mol. The number of ketones is 1. The highest BCUT2D eigenvalue weighted by molar-refractivity contribution is 7.92. The smallest absolute Gasteiger partial charge is 0.261 e. The van der Waals surface area contributed by atoms with E-state index in [0.717, 1.165) is 12.0 Å². The van der Waals surface area contributed by atoms with Crippen LogP contribution in [0.2, 0.25) is 0 Å². The van der Waals surface area contributed by atoms with E-state index >= 15 is 0 Å². The summed E-state index contributed by atoms with van der Waals surface area (Å²) in [5, 5.41) is 0.469. The zero-order chi connectivity index (χ0) is 22.2. The van der Waals surface area contributed by atoms with E-state index < -0.39 is 10.0 Å². The second-order valence-corrected chi connectivity index (χ2v) is 8.81. The van der Waals surface area contributed by atoms with Crippen molar-refractivity contribution < 1.29 is 13.2 Å². The van der Waals surface area contributed by atoms with Gasteiger partial charge in [-0.2, -0.15) is 0 Å². The van der Waals surface area contributed by atoms with Crippen molar-refractivity contribution in [3.05, 3.63) is 77.7 Å². The number of nitrogens with one attached hydrogen (secondary N) is 1. The molecule has 0 bridgehead atoms. The molecule has 4 aromatic rings. The van der Waals surface area contributed by atoms with E-state index in [9.17, 15) is 13.2 Å². The Hall–Kier alpha value is -3.72. The van der Waals surface area contributed by atoms with Crippen molar-refractivity contribution in [3.63, 3.8) is 0 Å². The van der Waals surface area contributed by atoms with Crippen LogP contribution in [0, 0.1) is 0 Å². The van der Waals surface area contributed by atoms with E-state index in [0.29, 0.717) is 22.2 Å². The van der Waals surface area contributed by atoms with Crippen molar-refractivity contribution in [1.29, 1.82) is 0 Å². The van der Waals surface area contributed by atoms with E-state index in [1.165, 1.54) is 12.4 Å². The minimum atomic E-state index is -3.79. The Morgan fingerprint density at radius 3 is 2.58 bits per heavy atom. The average molecular weight is 436 g/mol. The fourth-order valence-electron chi connectivity index (χ4n) is 3.40. The molecule has 0 aliphatic carbocycles. The molecule has 4 rings (SSSR count). The third kappa shape index (κ3) is 3.87. The summed E-state index contributed by atoms with van der Waals surface area (Å²) in [4.78, 5) is 21.5. The minimum Gasteiger partial charge on any atom is -0.383 e. The minimum absolute atomic E-state index is 0.153. The van der Waals surface area contributed by atoms with Crippen molar-refractivity contribution in [1.82, 2.24) is 14.5 Å². The molecule has 2 aromatic carbocycles. The number of sulfonamides is 1. The number of carbonyl (C=O) groups excluding carboxylic acids is 1. The highest BCUT2D eigenvalue weighted by Gasteiger charge is 2.20. The molecule has 0 aliphatic heterocycles. The first-order valence-corrected chi connectivity index (χ1v) is 11.1. The number of nitrogen functional groups attached to an aromatic ring is 1. The molecule has 158 valence electrons. The second-order valence-electron chi connectivity index (χ2n) is 7.12. The molecule has 0 spiro atoms. The standard InChI is InChI=1S/C22H21N5O3S/c1-3-14-7-9-17(10-8-14)31(29,30)26-16-6-4-5-15(11-16)20(28)18-12-27(2)22-19(18)21(23)24-13-25-22/h4-13,26H,3H2,1-2H3,(H2,23,24,25). The van der Waals surface area contributed by atoms with Crippen LogP contribution in [0.4, 0.5) is 11.5 Å². The first-order chi connectivity index (χ1) is 14.8. The van der Waals surface area contributed by atoms with Crippen molar-refractivity contribution in [2.45, 2.75) is 18.2 Å². The molecule has 8 nitrogen and oxygen atoms in total. The molecule has 0 saturated heterocycles. The molecule has 0 unspecified atom stereocenters. The molecule has 0 aliphatic rings.